The van der Waals surface area contributed by atoms with Crippen LogP contribution in [0.4, 0.5) is 5.69 Å². The molecule has 0 bridgehead atoms. The Morgan fingerprint density at radius 1 is 1.33 bits per heavy atom. The van der Waals surface area contributed by atoms with Gasteiger partial charge in [-0.25, -0.2) is 0 Å². The van der Waals surface area contributed by atoms with E-state index in [4.69, 9.17) is 5.73 Å². The molecule has 18 heavy (non-hydrogen) atoms. The van der Waals surface area contributed by atoms with Crippen molar-refractivity contribution in [2.75, 3.05) is 5.73 Å². The Bertz CT molecular complexity index is 564. The summed E-state index contributed by atoms with van der Waals surface area (Å²) in [6, 6.07) is 6.34. The van der Waals surface area contributed by atoms with Gasteiger partial charge >= 0.3 is 0 Å². The largest absolute Gasteiger partial charge is 0.399 e. The zero-order valence-electron chi connectivity index (χ0n) is 10.6. The number of rotatable bonds is 1. The first kappa shape index (κ1) is 11.1. The minimum absolute atomic E-state index is 0.231. The van der Waals surface area contributed by atoms with Crippen LogP contribution >= 0.6 is 0 Å². The van der Waals surface area contributed by atoms with E-state index in [2.05, 4.69) is 48.8 Å². The summed E-state index contributed by atoms with van der Waals surface area (Å²) in [6.45, 7) is 2.13. The fourth-order valence-electron chi connectivity index (χ4n) is 2.61. The summed E-state index contributed by atoms with van der Waals surface area (Å²) < 4.78 is 0. The van der Waals surface area contributed by atoms with E-state index in [9.17, 15) is 0 Å². The zero-order valence-corrected chi connectivity index (χ0v) is 10.6. The molecule has 1 unspecified atom stereocenters. The highest BCUT2D eigenvalue weighted by Crippen LogP contribution is 2.31. The van der Waals surface area contributed by atoms with Crippen molar-refractivity contribution in [3.63, 3.8) is 0 Å². The van der Waals surface area contributed by atoms with Crippen molar-refractivity contribution in [3.8, 4) is 0 Å². The third-order valence-corrected chi connectivity index (χ3v) is 3.67. The van der Waals surface area contributed by atoms with Gasteiger partial charge in [0.15, 0.2) is 0 Å². The predicted octanol–water partition coefficient (Wildman–Crippen LogP) is 3.38. The third kappa shape index (κ3) is 1.94. The molecule has 0 radical (unpaired) electrons. The van der Waals surface area contributed by atoms with Crippen molar-refractivity contribution in [1.82, 2.24) is 5.32 Å². The van der Waals surface area contributed by atoms with Gasteiger partial charge in [0, 0.05) is 11.9 Å². The Kier molecular flexibility index (Phi) is 2.71. The second-order valence-electron chi connectivity index (χ2n) is 4.99. The van der Waals surface area contributed by atoms with Gasteiger partial charge in [0.05, 0.1) is 6.04 Å². The molecular formula is C16H18N2. The second kappa shape index (κ2) is 4.37. The quantitative estimate of drug-likeness (QED) is 0.736. The van der Waals surface area contributed by atoms with Crippen LogP contribution in [0.5, 0.6) is 0 Å². The number of aryl methyl sites for hydroxylation is 1. The molecule has 0 saturated heterocycles. The van der Waals surface area contributed by atoms with E-state index in [0.717, 1.165) is 18.5 Å². The fourth-order valence-corrected chi connectivity index (χ4v) is 2.61. The van der Waals surface area contributed by atoms with Gasteiger partial charge in [-0.3, -0.25) is 0 Å². The van der Waals surface area contributed by atoms with Crippen LogP contribution in [-0.4, -0.2) is 0 Å². The molecule has 0 fully saturated rings. The molecule has 2 aliphatic rings. The van der Waals surface area contributed by atoms with Crippen LogP contribution < -0.4 is 11.1 Å². The maximum atomic E-state index is 5.89. The SMILES string of the molecule is Cc1ccc(N)cc1C1C=C2C=CCCC2=CN1. The van der Waals surface area contributed by atoms with Crippen molar-refractivity contribution in [1.29, 1.82) is 0 Å². The predicted molar refractivity (Wildman–Crippen MR) is 76.0 cm³/mol. The van der Waals surface area contributed by atoms with Crippen LogP contribution in [0.25, 0.3) is 0 Å². The molecule has 3 rings (SSSR count). The van der Waals surface area contributed by atoms with Gasteiger partial charge in [-0.15, -0.1) is 0 Å². The normalized spacial score (nSPS) is 21.7. The van der Waals surface area contributed by atoms with Gasteiger partial charge in [-0.1, -0.05) is 24.3 Å². The van der Waals surface area contributed by atoms with Gasteiger partial charge < -0.3 is 11.1 Å². The van der Waals surface area contributed by atoms with E-state index in [1.54, 1.807) is 0 Å². The topological polar surface area (TPSA) is 38.0 Å². The average Bonchev–Trinajstić information content (AvgIpc) is 2.41. The number of allylic oxidation sites excluding steroid dienone is 4. The average molecular weight is 238 g/mol. The molecule has 1 aromatic carbocycles. The maximum absolute atomic E-state index is 5.89. The number of nitrogens with one attached hydrogen (secondary N) is 1. The number of fused-ring (bicyclic) bond motifs is 1. The lowest BCUT2D eigenvalue weighted by Crippen LogP contribution is -2.20. The van der Waals surface area contributed by atoms with Crippen molar-refractivity contribution >= 4 is 5.69 Å². The van der Waals surface area contributed by atoms with Gasteiger partial charge in [-0.05, 0) is 54.2 Å². The van der Waals surface area contributed by atoms with E-state index in [0.29, 0.717) is 0 Å². The lowest BCUT2D eigenvalue weighted by molar-refractivity contribution is 0.716. The number of nitrogen functional groups attached to an aromatic ring is 1. The number of hydrogen-bond acceptors (Lipinski definition) is 2. The maximum Gasteiger partial charge on any atom is 0.0704 e. The number of nitrogens with two attached hydrogens (primary N) is 1. The van der Waals surface area contributed by atoms with E-state index in [1.165, 1.54) is 22.3 Å². The molecule has 3 N–H and O–H groups in total. The first-order valence-corrected chi connectivity index (χ1v) is 6.44. The van der Waals surface area contributed by atoms with Gasteiger partial charge in [0.25, 0.3) is 0 Å². The Labute approximate surface area is 108 Å². The van der Waals surface area contributed by atoms with Crippen LogP contribution in [0.2, 0.25) is 0 Å². The molecule has 1 aliphatic carbocycles. The number of benzene rings is 1. The van der Waals surface area contributed by atoms with Crippen LogP contribution in [0.15, 0.2) is 53.8 Å². The summed E-state index contributed by atoms with van der Waals surface area (Å²) >= 11 is 0. The lowest BCUT2D eigenvalue weighted by atomic mass is 9.89. The summed E-state index contributed by atoms with van der Waals surface area (Å²) in [7, 11) is 0. The standard InChI is InChI=1S/C16H18N2/c1-11-6-7-14(17)9-15(11)16-8-12-4-2-3-5-13(12)10-18-16/h2,4,6-10,16,18H,3,5,17H2,1H3. The molecule has 1 heterocycles. The number of dihydropyridines is 1. The Morgan fingerprint density at radius 3 is 3.11 bits per heavy atom. The zero-order chi connectivity index (χ0) is 12.5. The molecule has 2 heteroatoms. The number of hydrogen-bond donors (Lipinski definition) is 2. The van der Waals surface area contributed by atoms with Crippen molar-refractivity contribution in [2.24, 2.45) is 0 Å². The van der Waals surface area contributed by atoms with Crippen molar-refractivity contribution in [3.05, 3.63) is 64.9 Å². The highest BCUT2D eigenvalue weighted by atomic mass is 14.9. The van der Waals surface area contributed by atoms with E-state index in [-0.39, 0.29) is 6.04 Å². The molecule has 2 nitrogen and oxygen atoms in total. The summed E-state index contributed by atoms with van der Waals surface area (Å²) in [5.74, 6) is 0. The molecule has 1 atom stereocenters. The van der Waals surface area contributed by atoms with Gasteiger partial charge in [0.2, 0.25) is 0 Å². The van der Waals surface area contributed by atoms with Crippen LogP contribution in [0.1, 0.15) is 30.0 Å². The molecule has 0 aromatic heterocycles. The highest BCUT2D eigenvalue weighted by Gasteiger charge is 2.18. The van der Waals surface area contributed by atoms with E-state index >= 15 is 0 Å². The molecule has 0 amide bonds. The summed E-state index contributed by atoms with van der Waals surface area (Å²) in [5.41, 5.74) is 12.0. The Hall–Kier alpha value is -1.96. The van der Waals surface area contributed by atoms with E-state index < -0.39 is 0 Å². The first-order chi connectivity index (χ1) is 8.74. The van der Waals surface area contributed by atoms with Gasteiger partial charge in [-0.2, -0.15) is 0 Å². The second-order valence-corrected chi connectivity index (χ2v) is 4.99. The summed E-state index contributed by atoms with van der Waals surface area (Å²) in [4.78, 5) is 0. The van der Waals surface area contributed by atoms with Crippen molar-refractivity contribution < 1.29 is 0 Å². The Balaban J connectivity index is 1.97. The van der Waals surface area contributed by atoms with Crippen LogP contribution in [0.3, 0.4) is 0 Å². The van der Waals surface area contributed by atoms with Crippen molar-refractivity contribution in [2.45, 2.75) is 25.8 Å². The molecule has 1 aliphatic heterocycles. The third-order valence-electron chi connectivity index (χ3n) is 3.67. The fraction of sp³-hybridized carbons (Fsp3) is 0.250. The first-order valence-electron chi connectivity index (χ1n) is 6.44. The monoisotopic (exact) mass is 238 g/mol. The Morgan fingerprint density at radius 2 is 2.22 bits per heavy atom. The summed E-state index contributed by atoms with van der Waals surface area (Å²) in [6.07, 6.45) is 11.2. The minimum Gasteiger partial charge on any atom is -0.399 e. The molecule has 92 valence electrons. The number of anilines is 1. The smallest absolute Gasteiger partial charge is 0.0704 e. The molecule has 0 saturated carbocycles. The van der Waals surface area contributed by atoms with Gasteiger partial charge in [0.1, 0.15) is 0 Å². The molecular weight excluding hydrogens is 220 g/mol. The summed E-state index contributed by atoms with van der Waals surface area (Å²) in [5, 5.41) is 3.47. The van der Waals surface area contributed by atoms with E-state index in [1.807, 2.05) is 6.07 Å². The van der Waals surface area contributed by atoms with Crippen LogP contribution in [-0.2, 0) is 0 Å². The highest BCUT2D eigenvalue weighted by molar-refractivity contribution is 5.51. The lowest BCUT2D eigenvalue weighted by Gasteiger charge is -2.25. The molecule has 0 spiro atoms. The van der Waals surface area contributed by atoms with Crippen LogP contribution in [0, 0.1) is 6.92 Å². The molecule has 1 aromatic rings. The minimum atomic E-state index is 0.231.